The molecule has 0 aromatic carbocycles. The van der Waals surface area contributed by atoms with Gasteiger partial charge in [-0.25, -0.2) is 4.98 Å². The SMILES string of the molecule is CC1(CNc2ncc[nH]2)CCCS1. The normalized spacial score (nSPS) is 27.8. The minimum Gasteiger partial charge on any atom is -0.354 e. The van der Waals surface area contributed by atoms with Crippen LogP contribution in [-0.4, -0.2) is 27.0 Å². The van der Waals surface area contributed by atoms with Gasteiger partial charge in [0.2, 0.25) is 0 Å². The van der Waals surface area contributed by atoms with Crippen molar-refractivity contribution in [1.82, 2.24) is 9.97 Å². The first-order valence-corrected chi connectivity index (χ1v) is 5.64. The van der Waals surface area contributed by atoms with Gasteiger partial charge < -0.3 is 10.3 Å². The van der Waals surface area contributed by atoms with Crippen LogP contribution in [0, 0.1) is 0 Å². The van der Waals surface area contributed by atoms with Crippen LogP contribution < -0.4 is 5.32 Å². The maximum Gasteiger partial charge on any atom is 0.200 e. The molecule has 1 atom stereocenters. The summed E-state index contributed by atoms with van der Waals surface area (Å²) in [6.07, 6.45) is 6.27. The maximum atomic E-state index is 4.13. The number of rotatable bonds is 3. The van der Waals surface area contributed by atoms with Crippen LogP contribution in [0.1, 0.15) is 19.8 Å². The standard InChI is InChI=1S/C9H15N3S/c1-9(3-2-6-13-9)7-12-8-10-4-5-11-8/h4-5H,2-3,6-7H2,1H3,(H2,10,11,12). The van der Waals surface area contributed by atoms with Crippen molar-refractivity contribution >= 4 is 17.7 Å². The summed E-state index contributed by atoms with van der Waals surface area (Å²) in [5, 5.41) is 3.32. The van der Waals surface area contributed by atoms with Crippen molar-refractivity contribution in [2.75, 3.05) is 17.6 Å². The van der Waals surface area contributed by atoms with E-state index in [4.69, 9.17) is 0 Å². The van der Waals surface area contributed by atoms with Gasteiger partial charge in [0.25, 0.3) is 0 Å². The first-order valence-electron chi connectivity index (χ1n) is 4.66. The molecule has 2 rings (SSSR count). The molecule has 72 valence electrons. The Bertz CT molecular complexity index is 252. The van der Waals surface area contributed by atoms with Gasteiger partial charge in [0, 0.05) is 23.7 Å². The molecule has 4 heteroatoms. The highest BCUT2D eigenvalue weighted by molar-refractivity contribution is 8.00. The molecule has 1 aliphatic heterocycles. The molecular formula is C9H15N3S. The van der Waals surface area contributed by atoms with E-state index in [-0.39, 0.29) is 0 Å². The van der Waals surface area contributed by atoms with Crippen LogP contribution >= 0.6 is 11.8 Å². The average Bonchev–Trinajstić information content (AvgIpc) is 2.72. The van der Waals surface area contributed by atoms with Crippen molar-refractivity contribution in [1.29, 1.82) is 0 Å². The van der Waals surface area contributed by atoms with Crippen molar-refractivity contribution < 1.29 is 0 Å². The Balaban J connectivity index is 1.85. The van der Waals surface area contributed by atoms with E-state index in [1.807, 2.05) is 6.20 Å². The third kappa shape index (κ3) is 2.18. The summed E-state index contributed by atoms with van der Waals surface area (Å²) in [7, 11) is 0. The Kier molecular flexibility index (Phi) is 2.49. The van der Waals surface area contributed by atoms with Crippen molar-refractivity contribution in [3.63, 3.8) is 0 Å². The number of imidazole rings is 1. The molecule has 3 nitrogen and oxygen atoms in total. The monoisotopic (exact) mass is 197 g/mol. The van der Waals surface area contributed by atoms with Crippen LogP contribution in [-0.2, 0) is 0 Å². The lowest BCUT2D eigenvalue weighted by Crippen LogP contribution is -2.27. The number of nitrogens with one attached hydrogen (secondary N) is 2. The fourth-order valence-corrected chi connectivity index (χ4v) is 2.85. The zero-order valence-corrected chi connectivity index (χ0v) is 8.66. The zero-order valence-electron chi connectivity index (χ0n) is 7.84. The molecule has 2 heterocycles. The number of thioether (sulfide) groups is 1. The highest BCUT2D eigenvalue weighted by Crippen LogP contribution is 2.37. The predicted molar refractivity (Wildman–Crippen MR) is 57.2 cm³/mol. The third-order valence-corrected chi connectivity index (χ3v) is 3.97. The molecule has 1 aromatic heterocycles. The van der Waals surface area contributed by atoms with Gasteiger partial charge in [-0.15, -0.1) is 0 Å². The molecule has 1 saturated heterocycles. The number of anilines is 1. The zero-order chi connectivity index (χ0) is 9.15. The average molecular weight is 197 g/mol. The second-order valence-electron chi connectivity index (χ2n) is 3.69. The molecule has 1 aromatic rings. The number of hydrogen-bond acceptors (Lipinski definition) is 3. The molecule has 0 radical (unpaired) electrons. The fraction of sp³-hybridized carbons (Fsp3) is 0.667. The number of aromatic nitrogens is 2. The first-order chi connectivity index (χ1) is 6.29. The van der Waals surface area contributed by atoms with Crippen molar-refractivity contribution in [3.05, 3.63) is 12.4 Å². The molecule has 1 fully saturated rings. The number of aromatic amines is 1. The molecule has 0 saturated carbocycles. The summed E-state index contributed by atoms with van der Waals surface area (Å²) >= 11 is 2.06. The first kappa shape index (κ1) is 8.94. The van der Waals surface area contributed by atoms with E-state index in [0.717, 1.165) is 12.5 Å². The van der Waals surface area contributed by atoms with Crippen LogP contribution in [0.4, 0.5) is 5.95 Å². The van der Waals surface area contributed by atoms with E-state index in [0.29, 0.717) is 4.75 Å². The second-order valence-corrected chi connectivity index (χ2v) is 5.38. The molecule has 2 N–H and O–H groups in total. The minimum atomic E-state index is 0.410. The second kappa shape index (κ2) is 3.62. The van der Waals surface area contributed by atoms with Crippen LogP contribution in [0.15, 0.2) is 12.4 Å². The third-order valence-electron chi connectivity index (χ3n) is 2.43. The summed E-state index contributed by atoms with van der Waals surface area (Å²) in [4.78, 5) is 7.18. The van der Waals surface area contributed by atoms with Gasteiger partial charge in [-0.1, -0.05) is 0 Å². The van der Waals surface area contributed by atoms with E-state index in [2.05, 4.69) is 34.0 Å². The predicted octanol–water partition coefficient (Wildman–Crippen LogP) is 2.11. The fourth-order valence-electron chi connectivity index (χ4n) is 1.61. The lowest BCUT2D eigenvalue weighted by Gasteiger charge is -2.22. The number of nitrogens with zero attached hydrogens (tertiary/aromatic N) is 1. The molecule has 1 aliphatic rings. The Labute approximate surface area is 82.7 Å². The smallest absolute Gasteiger partial charge is 0.200 e. The van der Waals surface area contributed by atoms with Crippen molar-refractivity contribution in [3.8, 4) is 0 Å². The Morgan fingerprint density at radius 1 is 1.77 bits per heavy atom. The van der Waals surface area contributed by atoms with Gasteiger partial charge in [0.05, 0.1) is 0 Å². The van der Waals surface area contributed by atoms with Gasteiger partial charge in [-0.05, 0) is 25.5 Å². The van der Waals surface area contributed by atoms with Gasteiger partial charge in [0.15, 0.2) is 5.95 Å². The van der Waals surface area contributed by atoms with Gasteiger partial charge >= 0.3 is 0 Å². The van der Waals surface area contributed by atoms with Crippen LogP contribution in [0.3, 0.4) is 0 Å². The number of H-pyrrole nitrogens is 1. The van der Waals surface area contributed by atoms with E-state index in [1.54, 1.807) is 6.20 Å². The summed E-state index contributed by atoms with van der Waals surface area (Å²) in [6, 6.07) is 0. The van der Waals surface area contributed by atoms with Gasteiger partial charge in [-0.2, -0.15) is 11.8 Å². The summed E-state index contributed by atoms with van der Waals surface area (Å²) in [5.41, 5.74) is 0. The van der Waals surface area contributed by atoms with E-state index < -0.39 is 0 Å². The van der Waals surface area contributed by atoms with E-state index in [1.165, 1.54) is 18.6 Å². The molecule has 0 amide bonds. The Morgan fingerprint density at radius 2 is 2.69 bits per heavy atom. The van der Waals surface area contributed by atoms with Crippen LogP contribution in [0.25, 0.3) is 0 Å². The summed E-state index contributed by atoms with van der Waals surface area (Å²) in [6.45, 7) is 3.33. The van der Waals surface area contributed by atoms with Crippen molar-refractivity contribution in [2.24, 2.45) is 0 Å². The lowest BCUT2D eigenvalue weighted by atomic mass is 10.1. The molecule has 13 heavy (non-hydrogen) atoms. The topological polar surface area (TPSA) is 40.7 Å². The minimum absolute atomic E-state index is 0.410. The van der Waals surface area contributed by atoms with Gasteiger partial charge in [-0.3, -0.25) is 0 Å². The highest BCUT2D eigenvalue weighted by Gasteiger charge is 2.29. The van der Waals surface area contributed by atoms with Gasteiger partial charge in [0.1, 0.15) is 0 Å². The maximum absolute atomic E-state index is 4.13. The van der Waals surface area contributed by atoms with E-state index >= 15 is 0 Å². The molecule has 0 spiro atoms. The van der Waals surface area contributed by atoms with Crippen molar-refractivity contribution in [2.45, 2.75) is 24.5 Å². The Morgan fingerprint density at radius 3 is 3.31 bits per heavy atom. The largest absolute Gasteiger partial charge is 0.354 e. The molecule has 0 aliphatic carbocycles. The van der Waals surface area contributed by atoms with Crippen LogP contribution in [0.5, 0.6) is 0 Å². The summed E-state index contributed by atoms with van der Waals surface area (Å²) < 4.78 is 0.410. The number of hydrogen-bond donors (Lipinski definition) is 2. The Hall–Kier alpha value is -0.640. The van der Waals surface area contributed by atoms with E-state index in [9.17, 15) is 0 Å². The molecule has 0 bridgehead atoms. The van der Waals surface area contributed by atoms with Crippen LogP contribution in [0.2, 0.25) is 0 Å². The lowest BCUT2D eigenvalue weighted by molar-refractivity contribution is 0.633. The highest BCUT2D eigenvalue weighted by atomic mass is 32.2. The molecular weight excluding hydrogens is 182 g/mol. The molecule has 1 unspecified atom stereocenters. The quantitative estimate of drug-likeness (QED) is 0.779. The summed E-state index contributed by atoms with van der Waals surface area (Å²) in [5.74, 6) is 2.18.